The molecule has 7 heteroatoms. The average Bonchev–Trinajstić information content (AvgIpc) is 2.30. The van der Waals surface area contributed by atoms with Crippen molar-refractivity contribution in [3.63, 3.8) is 0 Å². The van der Waals surface area contributed by atoms with Crippen LogP contribution in [0.5, 0.6) is 0 Å². The van der Waals surface area contributed by atoms with E-state index in [-0.39, 0.29) is 16.0 Å². The van der Waals surface area contributed by atoms with Gasteiger partial charge >= 0.3 is 0 Å². The van der Waals surface area contributed by atoms with Crippen molar-refractivity contribution in [2.24, 2.45) is 5.73 Å². The van der Waals surface area contributed by atoms with Gasteiger partial charge in [-0.05, 0) is 30.6 Å². The second-order valence-electron chi connectivity index (χ2n) is 3.62. The molecule has 3 N–H and O–H groups in total. The minimum atomic E-state index is -0.583. The number of hydrogen-bond donors (Lipinski definition) is 2. The first-order valence-corrected chi connectivity index (χ1v) is 7.68. The molecule has 0 radical (unpaired) electrons. The first-order chi connectivity index (χ1) is 8.45. The molecule has 1 atom stereocenters. The van der Waals surface area contributed by atoms with Crippen molar-refractivity contribution in [2.45, 2.75) is 12.5 Å². The monoisotopic (exact) mass is 326 g/mol. The van der Waals surface area contributed by atoms with Gasteiger partial charge in [0.1, 0.15) is 0 Å². The lowest BCUT2D eigenvalue weighted by molar-refractivity contribution is -0.117. The Bertz CT molecular complexity index is 419. The summed E-state index contributed by atoms with van der Waals surface area (Å²) in [5.74, 6) is 0.506. The van der Waals surface area contributed by atoms with Crippen LogP contribution < -0.4 is 11.1 Å². The molecule has 0 aliphatic rings. The Balaban J connectivity index is 2.76. The highest BCUT2D eigenvalue weighted by molar-refractivity contribution is 7.98. The van der Waals surface area contributed by atoms with E-state index in [1.807, 2.05) is 6.26 Å². The van der Waals surface area contributed by atoms with Crippen LogP contribution in [0, 0.1) is 0 Å². The standard InChI is InChI=1S/C11H13Cl3N2OS/c1-18-3-2-9(15)11(17)16-10-7(13)4-6(12)5-8(10)14/h4-5,9H,2-3,15H2,1H3,(H,16,17)/t9-/m0/s1. The second kappa shape index (κ2) is 7.46. The van der Waals surface area contributed by atoms with E-state index in [1.165, 1.54) is 12.1 Å². The number of rotatable bonds is 5. The summed E-state index contributed by atoms with van der Waals surface area (Å²) in [5, 5.41) is 3.61. The number of nitrogens with two attached hydrogens (primary N) is 1. The maximum atomic E-state index is 11.8. The predicted molar refractivity (Wildman–Crippen MR) is 81.1 cm³/mol. The summed E-state index contributed by atoms with van der Waals surface area (Å²) < 4.78 is 0. The van der Waals surface area contributed by atoms with Gasteiger partial charge in [0.2, 0.25) is 5.91 Å². The van der Waals surface area contributed by atoms with E-state index in [0.717, 1.165) is 5.75 Å². The van der Waals surface area contributed by atoms with Crippen molar-refractivity contribution in [1.29, 1.82) is 0 Å². The number of hydrogen-bond acceptors (Lipinski definition) is 3. The zero-order valence-electron chi connectivity index (χ0n) is 9.67. The predicted octanol–water partition coefficient (Wildman–Crippen LogP) is 3.67. The van der Waals surface area contributed by atoms with Crippen LogP contribution in [0.2, 0.25) is 15.1 Å². The van der Waals surface area contributed by atoms with Crippen LogP contribution in [-0.2, 0) is 4.79 Å². The maximum absolute atomic E-state index is 11.8. The quantitative estimate of drug-likeness (QED) is 0.867. The molecule has 0 saturated heterocycles. The number of amides is 1. The molecular formula is C11H13Cl3N2OS. The van der Waals surface area contributed by atoms with E-state index in [4.69, 9.17) is 40.5 Å². The third-order valence-corrected chi connectivity index (χ3v) is 3.68. The van der Waals surface area contributed by atoms with Gasteiger partial charge < -0.3 is 11.1 Å². The molecule has 0 bridgehead atoms. The molecule has 0 spiro atoms. The number of halogens is 3. The molecule has 100 valence electrons. The van der Waals surface area contributed by atoms with Gasteiger partial charge in [0.25, 0.3) is 0 Å². The summed E-state index contributed by atoms with van der Waals surface area (Å²) in [6.07, 6.45) is 2.55. The minimum absolute atomic E-state index is 0.290. The van der Waals surface area contributed by atoms with E-state index >= 15 is 0 Å². The second-order valence-corrected chi connectivity index (χ2v) is 5.86. The van der Waals surface area contributed by atoms with E-state index in [1.54, 1.807) is 11.8 Å². The summed E-state index contributed by atoms with van der Waals surface area (Å²) >= 11 is 19.3. The molecular weight excluding hydrogens is 315 g/mol. The molecule has 0 aliphatic heterocycles. The zero-order chi connectivity index (χ0) is 13.7. The van der Waals surface area contributed by atoms with E-state index in [9.17, 15) is 4.79 Å². The summed E-state index contributed by atoms with van der Waals surface area (Å²) in [5.41, 5.74) is 6.08. The van der Waals surface area contributed by atoms with Crippen LogP contribution >= 0.6 is 46.6 Å². The molecule has 1 rings (SSSR count). The molecule has 0 saturated carbocycles. The van der Waals surface area contributed by atoms with Crippen LogP contribution in [0.25, 0.3) is 0 Å². The first-order valence-electron chi connectivity index (χ1n) is 5.15. The average molecular weight is 328 g/mol. The molecule has 0 aromatic heterocycles. The molecule has 3 nitrogen and oxygen atoms in total. The van der Waals surface area contributed by atoms with Crippen molar-refractivity contribution >= 4 is 58.2 Å². The van der Waals surface area contributed by atoms with Gasteiger partial charge in [-0.1, -0.05) is 34.8 Å². The number of nitrogens with one attached hydrogen (secondary N) is 1. The van der Waals surface area contributed by atoms with E-state index in [2.05, 4.69) is 5.32 Å². The van der Waals surface area contributed by atoms with Crippen LogP contribution in [0.3, 0.4) is 0 Å². The van der Waals surface area contributed by atoms with Gasteiger partial charge in [-0.3, -0.25) is 4.79 Å². The number of benzene rings is 1. The largest absolute Gasteiger partial charge is 0.322 e. The Labute approximate surface area is 125 Å². The van der Waals surface area contributed by atoms with Gasteiger partial charge in [-0.15, -0.1) is 0 Å². The van der Waals surface area contributed by atoms with Crippen LogP contribution in [0.1, 0.15) is 6.42 Å². The highest BCUT2D eigenvalue weighted by Crippen LogP contribution is 2.33. The van der Waals surface area contributed by atoms with Gasteiger partial charge in [0, 0.05) is 5.02 Å². The molecule has 0 aliphatic carbocycles. The Hall–Kier alpha value is -0.130. The summed E-state index contributed by atoms with van der Waals surface area (Å²) in [6, 6.07) is 2.44. The van der Waals surface area contributed by atoms with Crippen molar-refractivity contribution in [3.05, 3.63) is 27.2 Å². The smallest absolute Gasteiger partial charge is 0.241 e. The summed E-state index contributed by atoms with van der Waals surface area (Å²) in [6.45, 7) is 0. The molecule has 18 heavy (non-hydrogen) atoms. The number of carbonyl (C=O) groups is 1. The van der Waals surface area contributed by atoms with Crippen molar-refractivity contribution in [2.75, 3.05) is 17.3 Å². The van der Waals surface area contributed by atoms with Gasteiger partial charge in [-0.25, -0.2) is 0 Å². The molecule has 1 aromatic rings. The highest BCUT2D eigenvalue weighted by atomic mass is 35.5. The van der Waals surface area contributed by atoms with Gasteiger partial charge in [0.05, 0.1) is 21.8 Å². The lowest BCUT2D eigenvalue weighted by atomic mass is 10.2. The lowest BCUT2D eigenvalue weighted by Crippen LogP contribution is -2.36. The Morgan fingerprint density at radius 1 is 1.39 bits per heavy atom. The fourth-order valence-electron chi connectivity index (χ4n) is 1.25. The summed E-state index contributed by atoms with van der Waals surface area (Å²) in [4.78, 5) is 11.8. The van der Waals surface area contributed by atoms with Gasteiger partial charge in [-0.2, -0.15) is 11.8 Å². The number of thioether (sulfide) groups is 1. The maximum Gasteiger partial charge on any atom is 0.241 e. The van der Waals surface area contributed by atoms with Crippen molar-refractivity contribution < 1.29 is 4.79 Å². The van der Waals surface area contributed by atoms with E-state index in [0.29, 0.717) is 17.1 Å². The minimum Gasteiger partial charge on any atom is -0.322 e. The Morgan fingerprint density at radius 3 is 2.44 bits per heavy atom. The third-order valence-electron chi connectivity index (χ3n) is 2.22. The van der Waals surface area contributed by atoms with Crippen LogP contribution in [0.15, 0.2) is 12.1 Å². The van der Waals surface area contributed by atoms with E-state index < -0.39 is 6.04 Å². The Kier molecular flexibility index (Phi) is 6.60. The third kappa shape index (κ3) is 4.52. The molecule has 1 aromatic carbocycles. The molecule has 1 amide bonds. The first kappa shape index (κ1) is 15.9. The number of anilines is 1. The van der Waals surface area contributed by atoms with Gasteiger partial charge in [0.15, 0.2) is 0 Å². The fraction of sp³-hybridized carbons (Fsp3) is 0.364. The van der Waals surface area contributed by atoms with Crippen molar-refractivity contribution in [3.8, 4) is 0 Å². The summed E-state index contributed by atoms with van der Waals surface area (Å²) in [7, 11) is 0. The zero-order valence-corrected chi connectivity index (χ0v) is 12.8. The normalized spacial score (nSPS) is 12.3. The SMILES string of the molecule is CSCC[C@H](N)C(=O)Nc1c(Cl)cc(Cl)cc1Cl. The van der Waals surface area contributed by atoms with Crippen LogP contribution in [0.4, 0.5) is 5.69 Å². The molecule has 0 unspecified atom stereocenters. The topological polar surface area (TPSA) is 55.1 Å². The molecule has 0 heterocycles. The van der Waals surface area contributed by atoms with Crippen molar-refractivity contribution in [1.82, 2.24) is 0 Å². The van der Waals surface area contributed by atoms with Crippen LogP contribution in [-0.4, -0.2) is 24.0 Å². The highest BCUT2D eigenvalue weighted by Gasteiger charge is 2.16. The Morgan fingerprint density at radius 2 is 1.94 bits per heavy atom. The number of carbonyl (C=O) groups excluding carboxylic acids is 1. The molecule has 0 fully saturated rings. The fourth-order valence-corrected chi connectivity index (χ4v) is 2.65. The lowest BCUT2D eigenvalue weighted by Gasteiger charge is -2.14.